The van der Waals surface area contributed by atoms with Crippen molar-refractivity contribution in [2.45, 2.75) is 13.8 Å². The van der Waals surface area contributed by atoms with Gasteiger partial charge in [0.15, 0.2) is 5.69 Å². The van der Waals surface area contributed by atoms with Gasteiger partial charge >= 0.3 is 5.97 Å². The van der Waals surface area contributed by atoms with Gasteiger partial charge in [0.05, 0.1) is 12.2 Å². The molecule has 2 rings (SSSR count). The molecular formula is C16H15N3O2. The first-order valence-corrected chi connectivity index (χ1v) is 6.51. The number of hydrogen-bond acceptors (Lipinski definition) is 5. The van der Waals surface area contributed by atoms with Crippen LogP contribution in [-0.4, -0.2) is 17.6 Å². The Bertz CT molecular complexity index is 716. The first-order chi connectivity index (χ1) is 10.1. The second-order valence-corrected chi connectivity index (χ2v) is 4.52. The zero-order chi connectivity index (χ0) is 15.4. The molecule has 2 N–H and O–H groups in total. The SMILES string of the molecule is CCOC(=O)c1nc(N)c(C#N)cc1-c1ccc(C)cc1. The summed E-state index contributed by atoms with van der Waals surface area (Å²) in [6, 6.07) is 11.1. The molecule has 0 fully saturated rings. The number of pyridine rings is 1. The van der Waals surface area contributed by atoms with Gasteiger partial charge < -0.3 is 10.5 Å². The zero-order valence-corrected chi connectivity index (χ0v) is 11.9. The second-order valence-electron chi connectivity index (χ2n) is 4.52. The van der Waals surface area contributed by atoms with E-state index in [1.54, 1.807) is 13.0 Å². The molecule has 0 aliphatic rings. The first kappa shape index (κ1) is 14.5. The van der Waals surface area contributed by atoms with E-state index in [0.29, 0.717) is 5.56 Å². The number of nitrogen functional groups attached to an aromatic ring is 1. The fourth-order valence-corrected chi connectivity index (χ4v) is 1.93. The van der Waals surface area contributed by atoms with Crippen molar-refractivity contribution in [3.8, 4) is 17.2 Å². The van der Waals surface area contributed by atoms with E-state index < -0.39 is 5.97 Å². The summed E-state index contributed by atoms with van der Waals surface area (Å²) >= 11 is 0. The molecule has 0 aliphatic carbocycles. The van der Waals surface area contributed by atoms with Crippen LogP contribution in [0.4, 0.5) is 5.82 Å². The Labute approximate surface area is 123 Å². The van der Waals surface area contributed by atoms with E-state index >= 15 is 0 Å². The van der Waals surface area contributed by atoms with Gasteiger partial charge in [-0.1, -0.05) is 29.8 Å². The summed E-state index contributed by atoms with van der Waals surface area (Å²) < 4.78 is 5.00. The molecule has 0 saturated carbocycles. The zero-order valence-electron chi connectivity index (χ0n) is 11.9. The molecule has 106 valence electrons. The highest BCUT2D eigenvalue weighted by molar-refractivity contribution is 5.96. The van der Waals surface area contributed by atoms with Gasteiger partial charge in [-0.15, -0.1) is 0 Å². The monoisotopic (exact) mass is 281 g/mol. The number of nitriles is 1. The highest BCUT2D eigenvalue weighted by Gasteiger charge is 2.18. The van der Waals surface area contributed by atoms with Crippen molar-refractivity contribution < 1.29 is 9.53 Å². The number of nitrogens with two attached hydrogens (primary N) is 1. The van der Waals surface area contributed by atoms with Gasteiger partial charge in [-0.3, -0.25) is 0 Å². The molecule has 0 aliphatic heterocycles. The lowest BCUT2D eigenvalue weighted by Crippen LogP contribution is -2.11. The predicted octanol–water partition coefficient (Wildman–Crippen LogP) is 2.69. The Morgan fingerprint density at radius 1 is 1.38 bits per heavy atom. The first-order valence-electron chi connectivity index (χ1n) is 6.51. The fraction of sp³-hybridized carbons (Fsp3) is 0.188. The molecule has 0 bridgehead atoms. The lowest BCUT2D eigenvalue weighted by atomic mass is 10.0. The van der Waals surface area contributed by atoms with Crippen molar-refractivity contribution in [2.24, 2.45) is 0 Å². The molecule has 2 aromatic rings. The maximum absolute atomic E-state index is 12.0. The Morgan fingerprint density at radius 3 is 2.62 bits per heavy atom. The number of ether oxygens (including phenoxy) is 1. The fourth-order valence-electron chi connectivity index (χ4n) is 1.93. The third-order valence-electron chi connectivity index (χ3n) is 3.00. The number of anilines is 1. The maximum Gasteiger partial charge on any atom is 0.357 e. The van der Waals surface area contributed by atoms with Crippen molar-refractivity contribution >= 4 is 11.8 Å². The van der Waals surface area contributed by atoms with Crippen LogP contribution in [0.3, 0.4) is 0 Å². The van der Waals surface area contributed by atoms with Crippen LogP contribution in [-0.2, 0) is 4.74 Å². The summed E-state index contributed by atoms with van der Waals surface area (Å²) in [5, 5.41) is 9.08. The number of rotatable bonds is 3. The highest BCUT2D eigenvalue weighted by atomic mass is 16.5. The number of aryl methyl sites for hydroxylation is 1. The summed E-state index contributed by atoms with van der Waals surface area (Å²) in [5.74, 6) is -0.527. The largest absolute Gasteiger partial charge is 0.461 e. The predicted molar refractivity (Wildman–Crippen MR) is 79.5 cm³/mol. The number of carbonyl (C=O) groups is 1. The maximum atomic E-state index is 12.0. The molecule has 0 amide bonds. The Morgan fingerprint density at radius 2 is 2.05 bits per heavy atom. The highest BCUT2D eigenvalue weighted by Crippen LogP contribution is 2.27. The van der Waals surface area contributed by atoms with Gasteiger partial charge in [0.25, 0.3) is 0 Å². The van der Waals surface area contributed by atoms with Gasteiger partial charge in [-0.25, -0.2) is 9.78 Å². The molecule has 0 spiro atoms. The second kappa shape index (κ2) is 6.06. The molecule has 1 heterocycles. The molecule has 0 radical (unpaired) electrons. The number of aromatic nitrogens is 1. The third-order valence-corrected chi connectivity index (χ3v) is 3.00. The summed E-state index contributed by atoms with van der Waals surface area (Å²) in [4.78, 5) is 16.1. The molecule has 5 heteroatoms. The van der Waals surface area contributed by atoms with Crippen molar-refractivity contribution in [2.75, 3.05) is 12.3 Å². The number of carbonyl (C=O) groups excluding carboxylic acids is 1. The van der Waals surface area contributed by atoms with E-state index in [-0.39, 0.29) is 23.7 Å². The van der Waals surface area contributed by atoms with Gasteiger partial charge in [0.2, 0.25) is 0 Å². The summed E-state index contributed by atoms with van der Waals surface area (Å²) in [5.41, 5.74) is 8.48. The van der Waals surface area contributed by atoms with Crippen molar-refractivity contribution in [1.29, 1.82) is 5.26 Å². The van der Waals surface area contributed by atoms with Crippen molar-refractivity contribution in [1.82, 2.24) is 4.98 Å². The van der Waals surface area contributed by atoms with Crippen LogP contribution in [0.2, 0.25) is 0 Å². The number of esters is 1. The van der Waals surface area contributed by atoms with Gasteiger partial charge in [0, 0.05) is 5.56 Å². The number of hydrogen-bond donors (Lipinski definition) is 1. The van der Waals surface area contributed by atoms with Crippen LogP contribution in [0.1, 0.15) is 28.5 Å². The number of nitrogens with zero attached hydrogens (tertiary/aromatic N) is 2. The van der Waals surface area contributed by atoms with Crippen molar-refractivity contribution in [3.63, 3.8) is 0 Å². The van der Waals surface area contributed by atoms with Gasteiger partial charge in [-0.05, 0) is 25.5 Å². The number of benzene rings is 1. The van der Waals surface area contributed by atoms with Crippen molar-refractivity contribution in [3.05, 3.63) is 47.2 Å². The normalized spacial score (nSPS) is 9.95. The summed E-state index contributed by atoms with van der Waals surface area (Å²) in [6.45, 7) is 3.93. The molecule has 0 atom stereocenters. The van der Waals surface area contributed by atoms with E-state index in [9.17, 15) is 4.79 Å². The molecule has 0 saturated heterocycles. The van der Waals surface area contributed by atoms with Crippen LogP contribution in [0.25, 0.3) is 11.1 Å². The smallest absolute Gasteiger partial charge is 0.357 e. The third kappa shape index (κ3) is 3.00. The topological polar surface area (TPSA) is 89.0 Å². The van der Waals surface area contributed by atoms with Gasteiger partial charge in [0.1, 0.15) is 11.9 Å². The molecule has 21 heavy (non-hydrogen) atoms. The minimum absolute atomic E-state index is 0.0245. The van der Waals surface area contributed by atoms with Crippen LogP contribution in [0.5, 0.6) is 0 Å². The van der Waals surface area contributed by atoms with E-state index in [2.05, 4.69) is 4.98 Å². The Hall–Kier alpha value is -2.87. The molecule has 5 nitrogen and oxygen atoms in total. The lowest BCUT2D eigenvalue weighted by molar-refractivity contribution is 0.0520. The molecule has 1 aromatic heterocycles. The Kier molecular flexibility index (Phi) is 4.19. The minimum Gasteiger partial charge on any atom is -0.461 e. The van der Waals surface area contributed by atoms with E-state index in [4.69, 9.17) is 15.7 Å². The quantitative estimate of drug-likeness (QED) is 0.874. The van der Waals surface area contributed by atoms with Crippen LogP contribution in [0, 0.1) is 18.3 Å². The molecular weight excluding hydrogens is 266 g/mol. The summed E-state index contributed by atoms with van der Waals surface area (Å²) in [6.07, 6.45) is 0. The van der Waals surface area contributed by atoms with Crippen LogP contribution >= 0.6 is 0 Å². The molecule has 0 unspecified atom stereocenters. The van der Waals surface area contributed by atoms with E-state index in [0.717, 1.165) is 11.1 Å². The van der Waals surface area contributed by atoms with Crippen LogP contribution in [0.15, 0.2) is 30.3 Å². The van der Waals surface area contributed by atoms with E-state index in [1.165, 1.54) is 0 Å². The minimum atomic E-state index is -0.552. The summed E-state index contributed by atoms with van der Waals surface area (Å²) in [7, 11) is 0. The van der Waals surface area contributed by atoms with Gasteiger partial charge in [-0.2, -0.15) is 5.26 Å². The standard InChI is InChI=1S/C16H15N3O2/c1-3-21-16(20)14-13(8-12(9-17)15(18)19-14)11-6-4-10(2)5-7-11/h4-8H,3H2,1-2H3,(H2,18,19). The average Bonchev–Trinajstić information content (AvgIpc) is 2.48. The Balaban J connectivity index is 2.63. The van der Waals surface area contributed by atoms with E-state index in [1.807, 2.05) is 37.3 Å². The van der Waals surface area contributed by atoms with Crippen LogP contribution < -0.4 is 5.73 Å². The average molecular weight is 281 g/mol. The molecule has 1 aromatic carbocycles. The lowest BCUT2D eigenvalue weighted by Gasteiger charge is -2.10.